The van der Waals surface area contributed by atoms with Crippen molar-refractivity contribution in [3.8, 4) is 0 Å². The molecule has 1 aliphatic heterocycles. The molecule has 0 saturated heterocycles. The van der Waals surface area contributed by atoms with E-state index in [9.17, 15) is 0 Å². The first-order valence-electron chi connectivity index (χ1n) is 6.38. The Morgan fingerprint density at radius 3 is 2.79 bits per heavy atom. The van der Waals surface area contributed by atoms with Crippen molar-refractivity contribution in [3.63, 3.8) is 0 Å². The largest absolute Gasteiger partial charge is 0.367 e. The van der Waals surface area contributed by atoms with Crippen molar-refractivity contribution in [2.24, 2.45) is 0 Å². The topological polar surface area (TPSA) is 16.1 Å². The number of anilines is 1. The second-order valence-electron chi connectivity index (χ2n) is 4.74. The highest BCUT2D eigenvalue weighted by Gasteiger charge is 2.17. The Balaban J connectivity index is 1.88. The van der Waals surface area contributed by atoms with Crippen LogP contribution in [0.3, 0.4) is 0 Å². The van der Waals surface area contributed by atoms with Crippen molar-refractivity contribution in [2.75, 3.05) is 11.4 Å². The Labute approximate surface area is 123 Å². The molecule has 0 aliphatic carbocycles. The number of rotatable bonds is 2. The first kappa shape index (κ1) is 12.8. The summed E-state index contributed by atoms with van der Waals surface area (Å²) in [5, 5.41) is 0.934. The van der Waals surface area contributed by atoms with Gasteiger partial charge in [-0.15, -0.1) is 0 Å². The van der Waals surface area contributed by atoms with Gasteiger partial charge < -0.3 is 4.90 Å². The number of nitrogens with zero attached hydrogens (tertiary/aromatic N) is 2. The molecule has 0 unspecified atom stereocenters. The second kappa shape index (κ2) is 5.40. The van der Waals surface area contributed by atoms with Crippen LogP contribution >= 0.6 is 23.2 Å². The molecule has 2 heterocycles. The summed E-state index contributed by atoms with van der Waals surface area (Å²) in [5.41, 5.74) is 3.73. The van der Waals surface area contributed by atoms with Crippen LogP contribution in [0.5, 0.6) is 0 Å². The summed E-state index contributed by atoms with van der Waals surface area (Å²) < 4.78 is 0. The number of aromatic nitrogens is 1. The predicted octanol–water partition coefficient (Wildman–Crippen LogP) is 4.34. The summed E-state index contributed by atoms with van der Waals surface area (Å²) in [5.74, 6) is 0. The standard InChI is InChI=1S/C15H14Cl2N2/c16-14-8-7-12(15(17)18-14)10-19-9-3-5-11-4-1-2-6-13(11)19/h1-2,4,6-8H,3,5,9-10H2. The van der Waals surface area contributed by atoms with Gasteiger partial charge in [-0.2, -0.15) is 0 Å². The Hall–Kier alpha value is -1.25. The molecule has 2 nitrogen and oxygen atoms in total. The molecule has 0 amide bonds. The molecule has 2 aromatic rings. The van der Waals surface area contributed by atoms with Gasteiger partial charge in [0.15, 0.2) is 0 Å². The van der Waals surface area contributed by atoms with Crippen molar-refractivity contribution in [3.05, 3.63) is 57.8 Å². The van der Waals surface area contributed by atoms with E-state index in [4.69, 9.17) is 23.2 Å². The number of fused-ring (bicyclic) bond motifs is 1. The van der Waals surface area contributed by atoms with Gasteiger partial charge in [0.25, 0.3) is 0 Å². The third kappa shape index (κ3) is 2.70. The minimum Gasteiger partial charge on any atom is -0.367 e. The van der Waals surface area contributed by atoms with Crippen LogP contribution in [0.1, 0.15) is 17.5 Å². The normalized spacial score (nSPS) is 14.3. The third-order valence-electron chi connectivity index (χ3n) is 3.46. The number of aryl methyl sites for hydroxylation is 1. The van der Waals surface area contributed by atoms with Crippen molar-refractivity contribution in [2.45, 2.75) is 19.4 Å². The Kier molecular flexibility index (Phi) is 3.63. The summed E-state index contributed by atoms with van der Waals surface area (Å²) in [6.07, 6.45) is 2.33. The number of halogens is 2. The maximum absolute atomic E-state index is 6.15. The van der Waals surface area contributed by atoms with E-state index in [2.05, 4.69) is 34.1 Å². The maximum Gasteiger partial charge on any atom is 0.135 e. The first-order chi connectivity index (χ1) is 9.24. The Bertz CT molecular complexity index is 598. The van der Waals surface area contributed by atoms with Crippen molar-refractivity contribution < 1.29 is 0 Å². The summed E-state index contributed by atoms with van der Waals surface area (Å²) in [7, 11) is 0. The van der Waals surface area contributed by atoms with E-state index >= 15 is 0 Å². The highest BCUT2D eigenvalue weighted by Crippen LogP contribution is 2.29. The zero-order valence-corrected chi connectivity index (χ0v) is 12.0. The van der Waals surface area contributed by atoms with Gasteiger partial charge in [-0.25, -0.2) is 4.98 Å². The molecule has 1 aromatic carbocycles. The van der Waals surface area contributed by atoms with Crippen LogP contribution in [0.2, 0.25) is 10.3 Å². The lowest BCUT2D eigenvalue weighted by Gasteiger charge is -2.31. The number of para-hydroxylation sites is 1. The molecule has 3 rings (SSSR count). The first-order valence-corrected chi connectivity index (χ1v) is 7.13. The molecule has 0 N–H and O–H groups in total. The molecule has 1 aromatic heterocycles. The summed E-state index contributed by atoms with van der Waals surface area (Å²) in [4.78, 5) is 6.46. The van der Waals surface area contributed by atoms with E-state index in [0.29, 0.717) is 10.3 Å². The molecule has 19 heavy (non-hydrogen) atoms. The minimum atomic E-state index is 0.438. The molecule has 1 aliphatic rings. The molecule has 98 valence electrons. The quantitative estimate of drug-likeness (QED) is 0.766. The fourth-order valence-corrected chi connectivity index (χ4v) is 2.94. The highest BCUT2D eigenvalue weighted by molar-refractivity contribution is 6.32. The zero-order valence-electron chi connectivity index (χ0n) is 10.4. The lowest BCUT2D eigenvalue weighted by Crippen LogP contribution is -2.28. The van der Waals surface area contributed by atoms with Crippen molar-refractivity contribution in [1.82, 2.24) is 4.98 Å². The van der Waals surface area contributed by atoms with Crippen molar-refractivity contribution >= 4 is 28.9 Å². The van der Waals surface area contributed by atoms with Gasteiger partial charge in [-0.05, 0) is 30.5 Å². The van der Waals surface area contributed by atoms with Crippen LogP contribution in [0.25, 0.3) is 0 Å². The zero-order chi connectivity index (χ0) is 13.2. The van der Waals surface area contributed by atoms with Gasteiger partial charge in [-0.3, -0.25) is 0 Å². The molecule has 0 saturated carbocycles. The van der Waals surface area contributed by atoms with Crippen LogP contribution < -0.4 is 4.90 Å². The monoisotopic (exact) mass is 292 g/mol. The fourth-order valence-electron chi connectivity index (χ4n) is 2.54. The highest BCUT2D eigenvalue weighted by atomic mass is 35.5. The van der Waals surface area contributed by atoms with Crippen LogP contribution in [-0.4, -0.2) is 11.5 Å². The van der Waals surface area contributed by atoms with E-state index in [1.165, 1.54) is 17.7 Å². The number of benzene rings is 1. The smallest absolute Gasteiger partial charge is 0.135 e. The van der Waals surface area contributed by atoms with Crippen LogP contribution in [0.4, 0.5) is 5.69 Å². The Morgan fingerprint density at radius 2 is 1.95 bits per heavy atom. The molecule has 0 bridgehead atoms. The summed E-state index contributed by atoms with van der Waals surface area (Å²) >= 11 is 12.0. The maximum atomic E-state index is 6.15. The van der Waals surface area contributed by atoms with Gasteiger partial charge in [0.05, 0.1) is 0 Å². The molecule has 0 spiro atoms. The average Bonchev–Trinajstić information content (AvgIpc) is 2.42. The van der Waals surface area contributed by atoms with Gasteiger partial charge in [-0.1, -0.05) is 47.5 Å². The number of hydrogen-bond acceptors (Lipinski definition) is 2. The summed E-state index contributed by atoms with van der Waals surface area (Å²) in [6, 6.07) is 12.3. The molecule has 0 fully saturated rings. The van der Waals surface area contributed by atoms with Crippen LogP contribution in [0.15, 0.2) is 36.4 Å². The van der Waals surface area contributed by atoms with Crippen molar-refractivity contribution in [1.29, 1.82) is 0 Å². The Morgan fingerprint density at radius 1 is 1.11 bits per heavy atom. The second-order valence-corrected chi connectivity index (χ2v) is 5.48. The van der Waals surface area contributed by atoms with Crippen LogP contribution in [0, 0.1) is 0 Å². The van der Waals surface area contributed by atoms with Gasteiger partial charge in [0, 0.05) is 24.3 Å². The predicted molar refractivity (Wildman–Crippen MR) is 80.1 cm³/mol. The van der Waals surface area contributed by atoms with E-state index in [0.717, 1.165) is 25.1 Å². The number of hydrogen-bond donors (Lipinski definition) is 0. The lowest BCUT2D eigenvalue weighted by atomic mass is 10.0. The molecule has 4 heteroatoms. The van der Waals surface area contributed by atoms with Gasteiger partial charge in [0.2, 0.25) is 0 Å². The van der Waals surface area contributed by atoms with Gasteiger partial charge >= 0.3 is 0 Å². The number of pyridine rings is 1. The summed E-state index contributed by atoms with van der Waals surface area (Å²) in [6.45, 7) is 1.83. The van der Waals surface area contributed by atoms with E-state index in [1.54, 1.807) is 6.07 Å². The SMILES string of the molecule is Clc1ccc(CN2CCCc3ccccc32)c(Cl)n1. The van der Waals surface area contributed by atoms with E-state index < -0.39 is 0 Å². The molecular weight excluding hydrogens is 279 g/mol. The molecule has 0 atom stereocenters. The molecule has 0 radical (unpaired) electrons. The third-order valence-corrected chi connectivity index (χ3v) is 4.00. The minimum absolute atomic E-state index is 0.438. The molecular formula is C15H14Cl2N2. The average molecular weight is 293 g/mol. The fraction of sp³-hybridized carbons (Fsp3) is 0.267. The van der Waals surface area contributed by atoms with E-state index in [-0.39, 0.29) is 0 Å². The van der Waals surface area contributed by atoms with Gasteiger partial charge in [0.1, 0.15) is 10.3 Å². The van der Waals surface area contributed by atoms with E-state index in [1.807, 2.05) is 6.07 Å². The van der Waals surface area contributed by atoms with Crippen LogP contribution in [-0.2, 0) is 13.0 Å². The lowest BCUT2D eigenvalue weighted by molar-refractivity contribution is 0.690.